The quantitative estimate of drug-likeness (QED) is 0.741. The molecule has 2 saturated heterocycles. The van der Waals surface area contributed by atoms with Gasteiger partial charge in [-0.1, -0.05) is 6.92 Å². The summed E-state index contributed by atoms with van der Waals surface area (Å²) < 4.78 is 0. The highest BCUT2D eigenvalue weighted by molar-refractivity contribution is 5.90. The normalized spacial score (nSPS) is 20.0. The van der Waals surface area contributed by atoms with Crippen molar-refractivity contribution in [2.75, 3.05) is 42.9 Å². The van der Waals surface area contributed by atoms with Crippen LogP contribution < -0.4 is 20.9 Å². The molecule has 2 fully saturated rings. The zero-order chi connectivity index (χ0) is 17.6. The van der Waals surface area contributed by atoms with Crippen LogP contribution in [0.3, 0.4) is 0 Å². The number of nitrogens with zero attached hydrogens (tertiary/aromatic N) is 2. The maximum atomic E-state index is 12.3. The average Bonchev–Trinajstić information content (AvgIpc) is 2.63. The van der Waals surface area contributed by atoms with E-state index in [2.05, 4.69) is 27.9 Å². The summed E-state index contributed by atoms with van der Waals surface area (Å²) in [5.41, 5.74) is 0.702. The van der Waals surface area contributed by atoms with E-state index in [1.54, 1.807) is 6.20 Å². The largest absolute Gasteiger partial charge is 0.353 e. The van der Waals surface area contributed by atoms with Crippen molar-refractivity contribution in [2.45, 2.75) is 26.2 Å². The number of rotatable bonds is 5. The molecule has 3 N–H and O–H groups in total. The standard InChI is InChI=1S/C18H27N5O2/c1-13(14-4-6-19-7-5-14)10-17(24)22-15-2-3-16(21-11-15)23-9-8-20-18(25)12-23/h2-3,11,13-14,19H,4-10,12H2,1H3,(H,20,25)(H,22,24). The fraction of sp³-hybridized carbons (Fsp3) is 0.611. The van der Waals surface area contributed by atoms with Crippen LogP contribution in [0.5, 0.6) is 0 Å². The average molecular weight is 345 g/mol. The van der Waals surface area contributed by atoms with Gasteiger partial charge in [-0.25, -0.2) is 4.98 Å². The van der Waals surface area contributed by atoms with Gasteiger partial charge in [0, 0.05) is 19.5 Å². The minimum Gasteiger partial charge on any atom is -0.353 e. The van der Waals surface area contributed by atoms with E-state index < -0.39 is 0 Å². The summed E-state index contributed by atoms with van der Waals surface area (Å²) in [5.74, 6) is 1.82. The topological polar surface area (TPSA) is 86.4 Å². The fourth-order valence-electron chi connectivity index (χ4n) is 3.57. The molecule has 0 aromatic carbocycles. The number of piperidine rings is 1. The summed E-state index contributed by atoms with van der Waals surface area (Å²) in [6, 6.07) is 3.70. The van der Waals surface area contributed by atoms with E-state index in [1.807, 2.05) is 17.0 Å². The molecule has 2 aliphatic rings. The smallest absolute Gasteiger partial charge is 0.239 e. The Labute approximate surface area is 148 Å². The lowest BCUT2D eigenvalue weighted by Gasteiger charge is -2.28. The maximum Gasteiger partial charge on any atom is 0.239 e. The molecule has 1 unspecified atom stereocenters. The Morgan fingerprint density at radius 3 is 2.84 bits per heavy atom. The number of hydrogen-bond acceptors (Lipinski definition) is 5. The van der Waals surface area contributed by atoms with Gasteiger partial charge in [-0.2, -0.15) is 0 Å². The van der Waals surface area contributed by atoms with Crippen LogP contribution in [0.2, 0.25) is 0 Å². The molecule has 3 rings (SSSR count). The highest BCUT2D eigenvalue weighted by Crippen LogP contribution is 2.24. The molecule has 0 bridgehead atoms. The highest BCUT2D eigenvalue weighted by atomic mass is 16.2. The first-order chi connectivity index (χ1) is 12.1. The van der Waals surface area contributed by atoms with Crippen LogP contribution in [0, 0.1) is 11.8 Å². The van der Waals surface area contributed by atoms with Gasteiger partial charge in [-0.3, -0.25) is 9.59 Å². The molecule has 7 heteroatoms. The highest BCUT2D eigenvalue weighted by Gasteiger charge is 2.22. The predicted octanol–water partition coefficient (Wildman–Crippen LogP) is 0.982. The summed E-state index contributed by atoms with van der Waals surface area (Å²) >= 11 is 0. The Kier molecular flexibility index (Phi) is 5.86. The van der Waals surface area contributed by atoms with Gasteiger partial charge in [0.05, 0.1) is 18.4 Å². The van der Waals surface area contributed by atoms with Crippen molar-refractivity contribution in [1.82, 2.24) is 15.6 Å². The molecule has 0 spiro atoms. The van der Waals surface area contributed by atoms with Crippen molar-refractivity contribution in [3.8, 4) is 0 Å². The van der Waals surface area contributed by atoms with Gasteiger partial charge < -0.3 is 20.9 Å². The second kappa shape index (κ2) is 8.29. The van der Waals surface area contributed by atoms with Crippen LogP contribution in [0.4, 0.5) is 11.5 Å². The molecule has 0 aliphatic carbocycles. The third-order valence-corrected chi connectivity index (χ3v) is 5.09. The third kappa shape index (κ3) is 4.92. The Morgan fingerprint density at radius 1 is 1.36 bits per heavy atom. The first kappa shape index (κ1) is 17.7. The zero-order valence-electron chi connectivity index (χ0n) is 14.8. The van der Waals surface area contributed by atoms with Crippen LogP contribution in [-0.2, 0) is 9.59 Å². The molecule has 3 heterocycles. The number of hydrogen-bond donors (Lipinski definition) is 3. The van der Waals surface area contributed by atoms with Gasteiger partial charge in [-0.05, 0) is 49.9 Å². The monoisotopic (exact) mass is 345 g/mol. The fourth-order valence-corrected chi connectivity index (χ4v) is 3.57. The Balaban J connectivity index is 1.50. The number of anilines is 2. The van der Waals surface area contributed by atoms with E-state index in [-0.39, 0.29) is 11.8 Å². The number of aromatic nitrogens is 1. The second-order valence-corrected chi connectivity index (χ2v) is 6.99. The Hall–Kier alpha value is -2.15. The van der Waals surface area contributed by atoms with Crippen molar-refractivity contribution in [3.63, 3.8) is 0 Å². The number of carbonyl (C=O) groups excluding carboxylic acids is 2. The van der Waals surface area contributed by atoms with Crippen LogP contribution in [-0.4, -0.2) is 49.5 Å². The summed E-state index contributed by atoms with van der Waals surface area (Å²) in [6.45, 7) is 5.98. The molecule has 1 aromatic heterocycles. The van der Waals surface area contributed by atoms with Crippen molar-refractivity contribution >= 4 is 23.3 Å². The molecule has 1 aromatic rings. The molecule has 25 heavy (non-hydrogen) atoms. The minimum atomic E-state index is 0.0114. The lowest BCUT2D eigenvalue weighted by molar-refractivity contribution is -0.120. The van der Waals surface area contributed by atoms with E-state index in [4.69, 9.17) is 0 Å². The number of carbonyl (C=O) groups is 2. The Morgan fingerprint density at radius 2 is 2.16 bits per heavy atom. The first-order valence-corrected chi connectivity index (χ1v) is 9.10. The lowest BCUT2D eigenvalue weighted by atomic mass is 9.84. The second-order valence-electron chi connectivity index (χ2n) is 6.99. The number of piperazine rings is 1. The van der Waals surface area contributed by atoms with E-state index in [0.29, 0.717) is 37.0 Å². The van der Waals surface area contributed by atoms with Crippen molar-refractivity contribution < 1.29 is 9.59 Å². The van der Waals surface area contributed by atoms with Gasteiger partial charge in [-0.15, -0.1) is 0 Å². The summed E-state index contributed by atoms with van der Waals surface area (Å²) in [6.07, 6.45) is 4.50. The van der Waals surface area contributed by atoms with Crippen molar-refractivity contribution in [3.05, 3.63) is 18.3 Å². The lowest BCUT2D eigenvalue weighted by Crippen LogP contribution is -2.48. The van der Waals surface area contributed by atoms with Gasteiger partial charge >= 0.3 is 0 Å². The molecule has 0 radical (unpaired) electrons. The van der Waals surface area contributed by atoms with Crippen LogP contribution >= 0.6 is 0 Å². The molecule has 0 saturated carbocycles. The molecular weight excluding hydrogens is 318 g/mol. The summed E-state index contributed by atoms with van der Waals surface area (Å²) in [5, 5.41) is 9.09. The molecule has 2 aliphatic heterocycles. The number of amides is 2. The molecular formula is C18H27N5O2. The van der Waals surface area contributed by atoms with Gasteiger partial charge in [0.25, 0.3) is 0 Å². The summed E-state index contributed by atoms with van der Waals surface area (Å²) in [7, 11) is 0. The van der Waals surface area contributed by atoms with E-state index in [9.17, 15) is 9.59 Å². The maximum absolute atomic E-state index is 12.3. The molecule has 2 amide bonds. The predicted molar refractivity (Wildman–Crippen MR) is 97.5 cm³/mol. The van der Waals surface area contributed by atoms with E-state index in [1.165, 1.54) is 0 Å². The number of nitrogens with one attached hydrogen (secondary N) is 3. The van der Waals surface area contributed by atoms with Gasteiger partial charge in [0.15, 0.2) is 0 Å². The Bertz CT molecular complexity index is 598. The van der Waals surface area contributed by atoms with Crippen molar-refractivity contribution in [2.24, 2.45) is 11.8 Å². The summed E-state index contributed by atoms with van der Waals surface area (Å²) in [4.78, 5) is 30.0. The van der Waals surface area contributed by atoms with E-state index in [0.717, 1.165) is 38.3 Å². The molecule has 136 valence electrons. The first-order valence-electron chi connectivity index (χ1n) is 9.10. The van der Waals surface area contributed by atoms with Crippen LogP contribution in [0.15, 0.2) is 18.3 Å². The minimum absolute atomic E-state index is 0.0114. The zero-order valence-corrected chi connectivity index (χ0v) is 14.8. The molecule has 1 atom stereocenters. The van der Waals surface area contributed by atoms with Crippen molar-refractivity contribution in [1.29, 1.82) is 0 Å². The van der Waals surface area contributed by atoms with Gasteiger partial charge in [0.1, 0.15) is 5.82 Å². The number of pyridine rings is 1. The van der Waals surface area contributed by atoms with Crippen LogP contribution in [0.1, 0.15) is 26.2 Å². The van der Waals surface area contributed by atoms with Crippen LogP contribution in [0.25, 0.3) is 0 Å². The van der Waals surface area contributed by atoms with E-state index >= 15 is 0 Å². The third-order valence-electron chi connectivity index (χ3n) is 5.09. The molecule has 7 nitrogen and oxygen atoms in total. The van der Waals surface area contributed by atoms with Gasteiger partial charge in [0.2, 0.25) is 11.8 Å². The SMILES string of the molecule is CC(CC(=O)Nc1ccc(N2CCNC(=O)C2)nc1)C1CCNCC1.